The van der Waals surface area contributed by atoms with E-state index in [0.717, 1.165) is 53.5 Å². The lowest BCUT2D eigenvalue weighted by atomic mass is 9.50. The Hall–Kier alpha value is -1.38. The summed E-state index contributed by atoms with van der Waals surface area (Å²) in [6.45, 7) is 4.19. The number of carbonyl (C=O) groups excluding carboxylic acids is 1. The minimum atomic E-state index is -4.05. The molecule has 31 heavy (non-hydrogen) atoms. The SMILES string of the molecule is CCN(CC)S(=O)(=O)NC(=O)c1cc(Cl)c(OCC23CC4CC(CC(C4)C2)C3)cc1F. The predicted octanol–water partition coefficient (Wildman–Crippen LogP) is 4.39. The highest BCUT2D eigenvalue weighted by Gasteiger charge is 2.51. The largest absolute Gasteiger partial charge is 0.491 e. The standard InChI is InChI=1S/C22H30ClFN2O4S/c1-3-26(4-2)31(28,29)25-21(27)17-8-18(23)20(9-19(17)24)30-13-22-10-14-5-15(11-22)7-16(6-14)12-22/h8-9,14-16H,3-7,10-13H2,1-2H3,(H,25,27). The van der Waals surface area contributed by atoms with Crippen LogP contribution in [0.25, 0.3) is 0 Å². The molecule has 0 saturated heterocycles. The highest BCUT2D eigenvalue weighted by atomic mass is 35.5. The van der Waals surface area contributed by atoms with Crippen molar-refractivity contribution >= 4 is 27.7 Å². The Morgan fingerprint density at radius 1 is 1.16 bits per heavy atom. The van der Waals surface area contributed by atoms with E-state index in [2.05, 4.69) is 0 Å². The third-order valence-corrected chi connectivity index (χ3v) is 9.17. The van der Waals surface area contributed by atoms with E-state index >= 15 is 0 Å². The van der Waals surface area contributed by atoms with Crippen molar-refractivity contribution in [1.29, 1.82) is 0 Å². The number of nitrogens with one attached hydrogen (secondary N) is 1. The number of hydrogen-bond donors (Lipinski definition) is 1. The molecule has 0 unspecified atom stereocenters. The van der Waals surface area contributed by atoms with E-state index in [1.807, 2.05) is 4.72 Å². The molecule has 1 amide bonds. The highest BCUT2D eigenvalue weighted by molar-refractivity contribution is 7.87. The summed E-state index contributed by atoms with van der Waals surface area (Å²) in [5.41, 5.74) is -0.287. The number of rotatable bonds is 8. The number of carbonyl (C=O) groups is 1. The van der Waals surface area contributed by atoms with Crippen molar-refractivity contribution in [3.05, 3.63) is 28.5 Å². The highest BCUT2D eigenvalue weighted by Crippen LogP contribution is 2.60. The molecule has 0 spiro atoms. The summed E-state index contributed by atoms with van der Waals surface area (Å²) >= 11 is 6.29. The van der Waals surface area contributed by atoms with Crippen molar-refractivity contribution in [2.45, 2.75) is 52.4 Å². The van der Waals surface area contributed by atoms with Gasteiger partial charge in [0.25, 0.3) is 5.91 Å². The van der Waals surface area contributed by atoms with Gasteiger partial charge in [0.15, 0.2) is 0 Å². The number of nitrogens with zero attached hydrogens (tertiary/aromatic N) is 1. The summed E-state index contributed by atoms with van der Waals surface area (Å²) in [7, 11) is -4.05. The molecule has 0 radical (unpaired) electrons. The molecule has 0 aliphatic heterocycles. The first-order valence-electron chi connectivity index (χ1n) is 11.1. The Balaban J connectivity index is 1.46. The molecule has 9 heteroatoms. The van der Waals surface area contributed by atoms with E-state index in [-0.39, 0.29) is 29.3 Å². The molecule has 5 rings (SSSR count). The summed E-state index contributed by atoms with van der Waals surface area (Å²) in [5.74, 6) is 0.608. The van der Waals surface area contributed by atoms with E-state index in [1.54, 1.807) is 13.8 Å². The molecule has 0 heterocycles. The third kappa shape index (κ3) is 4.57. The van der Waals surface area contributed by atoms with Crippen LogP contribution in [-0.4, -0.2) is 38.3 Å². The second-order valence-electron chi connectivity index (χ2n) is 9.49. The first kappa shape index (κ1) is 22.8. The Bertz CT molecular complexity index is 929. The molecule has 0 aromatic heterocycles. The lowest BCUT2D eigenvalue weighted by molar-refractivity contribution is -0.0745. The summed E-state index contributed by atoms with van der Waals surface area (Å²) in [5, 5.41) is 0.0940. The molecule has 4 saturated carbocycles. The minimum absolute atomic E-state index is 0.0940. The number of ether oxygens (including phenoxy) is 1. The van der Waals surface area contributed by atoms with Gasteiger partial charge in [-0.15, -0.1) is 0 Å². The molecule has 1 N–H and O–H groups in total. The Morgan fingerprint density at radius 2 is 1.71 bits per heavy atom. The molecule has 0 atom stereocenters. The lowest BCUT2D eigenvalue weighted by Gasteiger charge is -2.56. The smallest absolute Gasteiger partial charge is 0.304 e. The van der Waals surface area contributed by atoms with Gasteiger partial charge in [-0.05, 0) is 62.3 Å². The molecule has 4 aliphatic rings. The number of hydrogen-bond acceptors (Lipinski definition) is 4. The van der Waals surface area contributed by atoms with Crippen molar-refractivity contribution in [1.82, 2.24) is 9.03 Å². The summed E-state index contributed by atoms with van der Waals surface area (Å²) in [4.78, 5) is 12.4. The molecule has 4 fully saturated rings. The van der Waals surface area contributed by atoms with E-state index in [1.165, 1.54) is 19.3 Å². The minimum Gasteiger partial charge on any atom is -0.491 e. The van der Waals surface area contributed by atoms with E-state index in [0.29, 0.717) is 6.61 Å². The van der Waals surface area contributed by atoms with E-state index in [9.17, 15) is 17.6 Å². The fourth-order valence-corrected chi connectivity index (χ4v) is 7.68. The fourth-order valence-electron chi connectivity index (χ4n) is 6.31. The van der Waals surface area contributed by atoms with Crippen LogP contribution in [-0.2, 0) is 10.2 Å². The maximum Gasteiger partial charge on any atom is 0.304 e. The zero-order valence-electron chi connectivity index (χ0n) is 18.0. The fraction of sp³-hybridized carbons (Fsp3) is 0.682. The molecule has 4 bridgehead atoms. The zero-order valence-corrected chi connectivity index (χ0v) is 19.6. The van der Waals surface area contributed by atoms with Crippen molar-refractivity contribution in [2.24, 2.45) is 23.2 Å². The first-order chi connectivity index (χ1) is 14.6. The van der Waals surface area contributed by atoms with Crippen LogP contribution in [0.5, 0.6) is 5.75 Å². The van der Waals surface area contributed by atoms with E-state index in [4.69, 9.17) is 16.3 Å². The number of amides is 1. The van der Waals surface area contributed by atoms with Gasteiger partial charge >= 0.3 is 10.2 Å². The monoisotopic (exact) mass is 472 g/mol. The van der Waals surface area contributed by atoms with Gasteiger partial charge in [0.05, 0.1) is 17.2 Å². The van der Waals surface area contributed by atoms with Gasteiger partial charge in [0, 0.05) is 24.6 Å². The number of benzene rings is 1. The maximum atomic E-state index is 14.7. The molecular weight excluding hydrogens is 443 g/mol. The van der Waals surface area contributed by atoms with Crippen LogP contribution in [0.3, 0.4) is 0 Å². The van der Waals surface area contributed by atoms with Gasteiger partial charge < -0.3 is 4.74 Å². The normalized spacial score (nSPS) is 29.4. The van der Waals surface area contributed by atoms with Crippen LogP contribution in [0, 0.1) is 29.0 Å². The second kappa shape index (κ2) is 8.52. The second-order valence-corrected chi connectivity index (χ2v) is 11.6. The predicted molar refractivity (Wildman–Crippen MR) is 117 cm³/mol. The van der Waals surface area contributed by atoms with Gasteiger partial charge in [-0.3, -0.25) is 4.79 Å². The van der Waals surface area contributed by atoms with Gasteiger partial charge in [-0.25, -0.2) is 9.11 Å². The van der Waals surface area contributed by atoms with Crippen LogP contribution < -0.4 is 9.46 Å². The molecule has 1 aromatic rings. The van der Waals surface area contributed by atoms with Crippen molar-refractivity contribution in [3.8, 4) is 5.75 Å². The van der Waals surface area contributed by atoms with Crippen molar-refractivity contribution in [3.63, 3.8) is 0 Å². The summed E-state index contributed by atoms with van der Waals surface area (Å²) in [6, 6.07) is 2.22. The van der Waals surface area contributed by atoms with Crippen LogP contribution in [0.1, 0.15) is 62.7 Å². The Morgan fingerprint density at radius 3 is 2.23 bits per heavy atom. The molecule has 172 valence electrons. The maximum absolute atomic E-state index is 14.7. The zero-order chi connectivity index (χ0) is 22.4. The lowest BCUT2D eigenvalue weighted by Crippen LogP contribution is -2.48. The number of halogens is 2. The van der Waals surface area contributed by atoms with Gasteiger partial charge in [-0.1, -0.05) is 25.4 Å². The van der Waals surface area contributed by atoms with Crippen molar-refractivity contribution < 1.29 is 22.3 Å². The third-order valence-electron chi connectivity index (χ3n) is 7.23. The van der Waals surface area contributed by atoms with Crippen LogP contribution >= 0.6 is 11.6 Å². The van der Waals surface area contributed by atoms with Crippen LogP contribution in [0.2, 0.25) is 5.02 Å². The van der Waals surface area contributed by atoms with E-state index < -0.39 is 27.5 Å². The quantitative estimate of drug-likeness (QED) is 0.608. The van der Waals surface area contributed by atoms with Crippen LogP contribution in [0.15, 0.2) is 12.1 Å². The van der Waals surface area contributed by atoms with Crippen LogP contribution in [0.4, 0.5) is 4.39 Å². The molecule has 4 aliphatic carbocycles. The van der Waals surface area contributed by atoms with Gasteiger partial charge in [0.2, 0.25) is 0 Å². The topological polar surface area (TPSA) is 75.7 Å². The Kier molecular flexibility index (Phi) is 6.27. The summed E-state index contributed by atoms with van der Waals surface area (Å²) < 4.78 is 48.2. The van der Waals surface area contributed by atoms with Gasteiger partial charge in [0.1, 0.15) is 11.6 Å². The summed E-state index contributed by atoms with van der Waals surface area (Å²) in [6.07, 6.45) is 7.45. The average molecular weight is 473 g/mol. The molecule has 6 nitrogen and oxygen atoms in total. The first-order valence-corrected chi connectivity index (χ1v) is 12.9. The molecule has 1 aromatic carbocycles. The van der Waals surface area contributed by atoms with Gasteiger partial charge in [-0.2, -0.15) is 12.7 Å². The Labute approximate surface area is 188 Å². The molecular formula is C22H30ClFN2O4S. The van der Waals surface area contributed by atoms with Crippen molar-refractivity contribution in [2.75, 3.05) is 19.7 Å². The average Bonchev–Trinajstić information content (AvgIpc) is 2.67.